The van der Waals surface area contributed by atoms with E-state index in [0.29, 0.717) is 18.0 Å². The van der Waals surface area contributed by atoms with Gasteiger partial charge in [0.15, 0.2) is 11.5 Å². The normalized spacial score (nSPS) is 18.0. The van der Waals surface area contributed by atoms with E-state index in [9.17, 15) is 9.59 Å². The molecule has 1 saturated heterocycles. The Morgan fingerprint density at radius 3 is 2.81 bits per heavy atom. The number of benzene rings is 2. The SMILES string of the molecule is O=C(/C=C\c1ccc2c(c1)OCO2)NC[C@H]1CN(c2ccccc2)C(=O)O1. The van der Waals surface area contributed by atoms with Crippen molar-refractivity contribution in [3.05, 3.63) is 60.2 Å². The summed E-state index contributed by atoms with van der Waals surface area (Å²) < 4.78 is 15.9. The Morgan fingerprint density at radius 1 is 1.15 bits per heavy atom. The number of fused-ring (bicyclic) bond motifs is 1. The number of ether oxygens (including phenoxy) is 3. The Kier molecular flexibility index (Phi) is 4.65. The lowest BCUT2D eigenvalue weighted by Gasteiger charge is -2.12. The molecule has 138 valence electrons. The van der Waals surface area contributed by atoms with Crippen molar-refractivity contribution < 1.29 is 23.8 Å². The highest BCUT2D eigenvalue weighted by Gasteiger charge is 2.32. The van der Waals surface area contributed by atoms with Crippen LogP contribution in [-0.2, 0) is 9.53 Å². The lowest BCUT2D eigenvalue weighted by Crippen LogP contribution is -2.33. The predicted molar refractivity (Wildman–Crippen MR) is 98.7 cm³/mol. The van der Waals surface area contributed by atoms with Gasteiger partial charge in [0, 0.05) is 11.8 Å². The molecule has 0 radical (unpaired) electrons. The van der Waals surface area contributed by atoms with E-state index in [0.717, 1.165) is 11.3 Å². The smallest absolute Gasteiger partial charge is 0.414 e. The second-order valence-electron chi connectivity index (χ2n) is 6.14. The van der Waals surface area contributed by atoms with Crippen molar-refractivity contribution in [2.75, 3.05) is 24.8 Å². The molecule has 0 aromatic heterocycles. The first kappa shape index (κ1) is 17.0. The van der Waals surface area contributed by atoms with Crippen LogP contribution in [0.4, 0.5) is 10.5 Å². The molecule has 2 aromatic rings. The molecule has 0 unspecified atom stereocenters. The Morgan fingerprint density at radius 2 is 1.96 bits per heavy atom. The van der Waals surface area contributed by atoms with E-state index >= 15 is 0 Å². The van der Waals surface area contributed by atoms with Gasteiger partial charge in [-0.25, -0.2) is 4.79 Å². The first-order chi connectivity index (χ1) is 13.2. The summed E-state index contributed by atoms with van der Waals surface area (Å²) >= 11 is 0. The molecule has 1 N–H and O–H groups in total. The van der Waals surface area contributed by atoms with Crippen LogP contribution in [0.15, 0.2) is 54.6 Å². The third-order valence-electron chi connectivity index (χ3n) is 4.27. The monoisotopic (exact) mass is 366 g/mol. The van der Waals surface area contributed by atoms with E-state index in [1.807, 2.05) is 42.5 Å². The number of hydrogen-bond donors (Lipinski definition) is 1. The van der Waals surface area contributed by atoms with Crippen LogP contribution in [-0.4, -0.2) is 38.0 Å². The highest BCUT2D eigenvalue weighted by atomic mass is 16.7. The van der Waals surface area contributed by atoms with Crippen molar-refractivity contribution in [1.29, 1.82) is 0 Å². The van der Waals surface area contributed by atoms with Crippen molar-refractivity contribution in [2.45, 2.75) is 6.10 Å². The zero-order valence-corrected chi connectivity index (χ0v) is 14.5. The Labute approximate surface area is 156 Å². The maximum atomic E-state index is 12.0. The maximum absolute atomic E-state index is 12.0. The standard InChI is InChI=1S/C20H18N2O5/c23-19(9-7-14-6-8-17-18(10-14)26-13-25-17)21-11-16-12-22(20(24)27-16)15-4-2-1-3-5-15/h1-10,16H,11-13H2,(H,21,23)/b9-7-/t16-/m0/s1. The van der Waals surface area contributed by atoms with Gasteiger partial charge in [0.2, 0.25) is 12.7 Å². The van der Waals surface area contributed by atoms with Gasteiger partial charge in [0.05, 0.1) is 13.1 Å². The zero-order valence-electron chi connectivity index (χ0n) is 14.5. The van der Waals surface area contributed by atoms with Gasteiger partial charge in [-0.15, -0.1) is 0 Å². The topological polar surface area (TPSA) is 77.1 Å². The van der Waals surface area contributed by atoms with Crippen LogP contribution in [0.5, 0.6) is 11.5 Å². The summed E-state index contributed by atoms with van der Waals surface area (Å²) in [6.07, 6.45) is 2.33. The maximum Gasteiger partial charge on any atom is 0.414 e. The summed E-state index contributed by atoms with van der Waals surface area (Å²) in [6, 6.07) is 14.7. The number of amides is 2. The molecule has 1 atom stereocenters. The summed E-state index contributed by atoms with van der Waals surface area (Å²) in [5, 5.41) is 2.75. The van der Waals surface area contributed by atoms with Crippen molar-refractivity contribution in [3.8, 4) is 11.5 Å². The van der Waals surface area contributed by atoms with Crippen molar-refractivity contribution in [2.24, 2.45) is 0 Å². The summed E-state index contributed by atoms with van der Waals surface area (Å²) in [4.78, 5) is 25.6. The molecule has 0 spiro atoms. The number of carbonyl (C=O) groups is 2. The molecular weight excluding hydrogens is 348 g/mol. The van der Waals surface area contributed by atoms with E-state index in [-0.39, 0.29) is 25.3 Å². The number of carbonyl (C=O) groups excluding carboxylic acids is 2. The average molecular weight is 366 g/mol. The van der Waals surface area contributed by atoms with Crippen LogP contribution in [0.1, 0.15) is 5.56 Å². The summed E-state index contributed by atoms with van der Waals surface area (Å²) in [6.45, 7) is 0.859. The van der Waals surface area contributed by atoms with E-state index in [2.05, 4.69) is 5.32 Å². The minimum atomic E-state index is -0.406. The summed E-state index contributed by atoms with van der Waals surface area (Å²) in [5.74, 6) is 1.10. The molecule has 2 heterocycles. The van der Waals surface area contributed by atoms with Crippen molar-refractivity contribution in [3.63, 3.8) is 0 Å². The van der Waals surface area contributed by atoms with Crippen LogP contribution in [0.25, 0.3) is 6.08 Å². The molecular formula is C20H18N2O5. The fourth-order valence-corrected chi connectivity index (χ4v) is 2.91. The van der Waals surface area contributed by atoms with Gasteiger partial charge in [0.1, 0.15) is 6.10 Å². The molecule has 1 fully saturated rings. The molecule has 7 heteroatoms. The van der Waals surface area contributed by atoms with Gasteiger partial charge in [0.25, 0.3) is 0 Å². The van der Waals surface area contributed by atoms with E-state index < -0.39 is 6.09 Å². The first-order valence-electron chi connectivity index (χ1n) is 8.58. The van der Waals surface area contributed by atoms with Gasteiger partial charge in [-0.1, -0.05) is 24.3 Å². The van der Waals surface area contributed by atoms with Crippen LogP contribution >= 0.6 is 0 Å². The second-order valence-corrected chi connectivity index (χ2v) is 6.14. The number of cyclic esters (lactones) is 1. The molecule has 7 nitrogen and oxygen atoms in total. The molecule has 2 aromatic carbocycles. The molecule has 27 heavy (non-hydrogen) atoms. The van der Waals surface area contributed by atoms with Crippen LogP contribution in [0, 0.1) is 0 Å². The third-order valence-corrected chi connectivity index (χ3v) is 4.27. The first-order valence-corrected chi connectivity index (χ1v) is 8.58. The molecule has 2 aliphatic heterocycles. The lowest BCUT2D eigenvalue weighted by atomic mass is 10.2. The number of para-hydroxylation sites is 1. The van der Waals surface area contributed by atoms with Crippen LogP contribution < -0.4 is 19.7 Å². The van der Waals surface area contributed by atoms with Crippen molar-refractivity contribution in [1.82, 2.24) is 5.32 Å². The van der Waals surface area contributed by atoms with E-state index in [1.165, 1.54) is 6.08 Å². The number of hydrogen-bond acceptors (Lipinski definition) is 5. The van der Waals surface area contributed by atoms with Crippen LogP contribution in [0.2, 0.25) is 0 Å². The fraction of sp³-hybridized carbons (Fsp3) is 0.200. The highest BCUT2D eigenvalue weighted by molar-refractivity contribution is 5.92. The minimum absolute atomic E-state index is 0.211. The second kappa shape index (κ2) is 7.41. The average Bonchev–Trinajstić information content (AvgIpc) is 3.31. The molecule has 0 aliphatic carbocycles. The number of nitrogens with one attached hydrogen (secondary N) is 1. The van der Waals surface area contributed by atoms with E-state index in [4.69, 9.17) is 14.2 Å². The van der Waals surface area contributed by atoms with Gasteiger partial charge >= 0.3 is 6.09 Å². The van der Waals surface area contributed by atoms with Gasteiger partial charge in [-0.2, -0.15) is 0 Å². The highest BCUT2D eigenvalue weighted by Crippen LogP contribution is 2.32. The van der Waals surface area contributed by atoms with Gasteiger partial charge < -0.3 is 19.5 Å². The van der Waals surface area contributed by atoms with Crippen LogP contribution in [0.3, 0.4) is 0 Å². The van der Waals surface area contributed by atoms with E-state index in [1.54, 1.807) is 17.0 Å². The minimum Gasteiger partial charge on any atom is -0.454 e. The van der Waals surface area contributed by atoms with Gasteiger partial charge in [-0.3, -0.25) is 9.69 Å². The quantitative estimate of drug-likeness (QED) is 0.823. The Balaban J connectivity index is 1.29. The van der Waals surface area contributed by atoms with Crippen molar-refractivity contribution >= 4 is 23.8 Å². The number of rotatable bonds is 5. The molecule has 0 saturated carbocycles. The fourth-order valence-electron chi connectivity index (χ4n) is 2.91. The Hall–Kier alpha value is -3.48. The third kappa shape index (κ3) is 3.87. The zero-order chi connectivity index (χ0) is 18.6. The number of anilines is 1. The summed E-state index contributed by atoms with van der Waals surface area (Å²) in [5.41, 5.74) is 1.61. The largest absolute Gasteiger partial charge is 0.454 e. The molecule has 0 bridgehead atoms. The number of nitrogens with zero attached hydrogens (tertiary/aromatic N) is 1. The predicted octanol–water partition coefficient (Wildman–Crippen LogP) is 2.57. The Bertz CT molecular complexity index is 881. The molecule has 4 rings (SSSR count). The summed E-state index contributed by atoms with van der Waals surface area (Å²) in [7, 11) is 0. The molecule has 2 aliphatic rings. The lowest BCUT2D eigenvalue weighted by molar-refractivity contribution is -0.116. The van der Waals surface area contributed by atoms with Gasteiger partial charge in [-0.05, 0) is 35.9 Å². The molecule has 2 amide bonds.